The van der Waals surface area contributed by atoms with Crippen LogP contribution >= 0.6 is 0 Å². The van der Waals surface area contributed by atoms with Gasteiger partial charge in [0, 0.05) is 6.04 Å². The van der Waals surface area contributed by atoms with E-state index in [1.165, 1.54) is 0 Å². The van der Waals surface area contributed by atoms with Gasteiger partial charge in [-0.1, -0.05) is 30.3 Å². The number of unbranched alkanes of at least 4 members (excludes halogenated alkanes) is 1. The average molecular weight is 260 g/mol. The van der Waals surface area contributed by atoms with E-state index in [4.69, 9.17) is 5.73 Å². The van der Waals surface area contributed by atoms with Gasteiger partial charge in [-0.05, 0) is 31.5 Å². The van der Waals surface area contributed by atoms with E-state index < -0.39 is 18.6 Å². The first-order valence-corrected chi connectivity index (χ1v) is 6.08. The van der Waals surface area contributed by atoms with Crippen molar-refractivity contribution in [2.24, 2.45) is 5.73 Å². The van der Waals surface area contributed by atoms with E-state index in [9.17, 15) is 13.2 Å². The maximum absolute atomic E-state index is 12.5. The summed E-state index contributed by atoms with van der Waals surface area (Å²) in [4.78, 5) is 0. The molecule has 0 spiro atoms. The molecule has 0 saturated carbocycles. The number of alkyl halides is 3. The predicted molar refractivity (Wildman–Crippen MR) is 66.1 cm³/mol. The van der Waals surface area contributed by atoms with Crippen molar-refractivity contribution in [1.29, 1.82) is 0 Å². The van der Waals surface area contributed by atoms with Gasteiger partial charge in [-0.2, -0.15) is 13.2 Å². The van der Waals surface area contributed by atoms with E-state index in [1.807, 2.05) is 0 Å². The maximum Gasteiger partial charge on any atom is 0.390 e. The Morgan fingerprint density at radius 2 is 1.78 bits per heavy atom. The van der Waals surface area contributed by atoms with Crippen LogP contribution in [0.3, 0.4) is 0 Å². The summed E-state index contributed by atoms with van der Waals surface area (Å²) in [7, 11) is 0. The van der Waals surface area contributed by atoms with Crippen LogP contribution in [0.5, 0.6) is 0 Å². The summed E-state index contributed by atoms with van der Waals surface area (Å²) in [5.41, 5.74) is 6.02. The van der Waals surface area contributed by atoms with Crippen LogP contribution < -0.4 is 11.1 Å². The Bertz CT molecular complexity index is 325. The quantitative estimate of drug-likeness (QED) is 0.740. The summed E-state index contributed by atoms with van der Waals surface area (Å²) in [5, 5.41) is 2.95. The van der Waals surface area contributed by atoms with E-state index in [2.05, 4.69) is 5.32 Å². The number of halogens is 3. The van der Waals surface area contributed by atoms with Crippen molar-refractivity contribution in [3.63, 3.8) is 0 Å². The molecule has 0 fully saturated rings. The standard InChI is InChI=1S/C13H19F3N2/c14-13(15,16)10-12(18-9-5-4-8-17)11-6-2-1-3-7-11/h1-3,6-7,12,18H,4-5,8-10,17H2. The number of hydrogen-bond donors (Lipinski definition) is 2. The molecule has 1 rings (SSSR count). The van der Waals surface area contributed by atoms with E-state index in [1.54, 1.807) is 30.3 Å². The fourth-order valence-corrected chi connectivity index (χ4v) is 1.77. The van der Waals surface area contributed by atoms with Crippen LogP contribution in [0.15, 0.2) is 30.3 Å². The van der Waals surface area contributed by atoms with Gasteiger partial charge >= 0.3 is 6.18 Å². The van der Waals surface area contributed by atoms with Crippen LogP contribution in [0.2, 0.25) is 0 Å². The van der Waals surface area contributed by atoms with Crippen molar-refractivity contribution < 1.29 is 13.2 Å². The monoisotopic (exact) mass is 260 g/mol. The van der Waals surface area contributed by atoms with Crippen LogP contribution in [0.4, 0.5) is 13.2 Å². The number of nitrogens with one attached hydrogen (secondary N) is 1. The molecule has 1 atom stereocenters. The second-order valence-corrected chi connectivity index (χ2v) is 4.23. The van der Waals surface area contributed by atoms with Gasteiger partial charge < -0.3 is 11.1 Å². The van der Waals surface area contributed by atoms with Gasteiger partial charge in [0.05, 0.1) is 6.42 Å². The molecule has 18 heavy (non-hydrogen) atoms. The molecule has 2 nitrogen and oxygen atoms in total. The first-order valence-electron chi connectivity index (χ1n) is 6.08. The SMILES string of the molecule is NCCCCNC(CC(F)(F)F)c1ccccc1. The number of benzene rings is 1. The Morgan fingerprint density at radius 1 is 1.11 bits per heavy atom. The van der Waals surface area contributed by atoms with Crippen molar-refractivity contribution in [3.8, 4) is 0 Å². The van der Waals surface area contributed by atoms with Crippen LogP contribution in [0.25, 0.3) is 0 Å². The third-order valence-electron chi connectivity index (χ3n) is 2.66. The maximum atomic E-state index is 12.5. The minimum atomic E-state index is -4.17. The lowest BCUT2D eigenvalue weighted by Gasteiger charge is -2.20. The lowest BCUT2D eigenvalue weighted by molar-refractivity contribution is -0.140. The van der Waals surface area contributed by atoms with Gasteiger partial charge in [-0.25, -0.2) is 0 Å². The summed E-state index contributed by atoms with van der Waals surface area (Å²) < 4.78 is 37.5. The first-order chi connectivity index (χ1) is 8.53. The molecule has 0 bridgehead atoms. The second-order valence-electron chi connectivity index (χ2n) is 4.23. The number of rotatable bonds is 7. The van der Waals surface area contributed by atoms with Crippen molar-refractivity contribution in [2.45, 2.75) is 31.5 Å². The topological polar surface area (TPSA) is 38.0 Å². The van der Waals surface area contributed by atoms with Gasteiger partial charge in [-0.3, -0.25) is 0 Å². The molecule has 0 saturated heterocycles. The molecule has 3 N–H and O–H groups in total. The van der Waals surface area contributed by atoms with Gasteiger partial charge in [0.15, 0.2) is 0 Å². The van der Waals surface area contributed by atoms with Crippen molar-refractivity contribution in [3.05, 3.63) is 35.9 Å². The molecular weight excluding hydrogens is 241 g/mol. The molecule has 1 aromatic rings. The predicted octanol–water partition coefficient (Wildman–Crippen LogP) is 3.01. The largest absolute Gasteiger partial charge is 0.390 e. The van der Waals surface area contributed by atoms with Crippen LogP contribution in [-0.4, -0.2) is 19.3 Å². The minimum Gasteiger partial charge on any atom is -0.330 e. The Morgan fingerprint density at radius 3 is 2.33 bits per heavy atom. The fourth-order valence-electron chi connectivity index (χ4n) is 1.77. The van der Waals surface area contributed by atoms with Crippen LogP contribution in [0, 0.1) is 0 Å². The smallest absolute Gasteiger partial charge is 0.330 e. The molecule has 5 heteroatoms. The molecule has 1 aromatic carbocycles. The molecular formula is C13H19F3N2. The first kappa shape index (κ1) is 15.0. The van der Waals surface area contributed by atoms with Gasteiger partial charge in [0.1, 0.15) is 0 Å². The number of hydrogen-bond acceptors (Lipinski definition) is 2. The van der Waals surface area contributed by atoms with E-state index in [-0.39, 0.29) is 0 Å². The van der Waals surface area contributed by atoms with Crippen molar-refractivity contribution in [1.82, 2.24) is 5.32 Å². The molecule has 0 aromatic heterocycles. The molecule has 0 amide bonds. The average Bonchev–Trinajstić information content (AvgIpc) is 2.33. The molecule has 1 unspecified atom stereocenters. The zero-order chi connectivity index (χ0) is 13.4. The Kier molecular flexibility index (Phi) is 6.15. The zero-order valence-corrected chi connectivity index (χ0v) is 10.2. The molecule has 102 valence electrons. The summed E-state index contributed by atoms with van der Waals surface area (Å²) >= 11 is 0. The molecule has 0 aliphatic rings. The number of nitrogens with two attached hydrogens (primary N) is 1. The van der Waals surface area contributed by atoms with Gasteiger partial charge in [0.2, 0.25) is 0 Å². The van der Waals surface area contributed by atoms with E-state index >= 15 is 0 Å². The van der Waals surface area contributed by atoms with E-state index in [0.29, 0.717) is 18.7 Å². The Balaban J connectivity index is 2.58. The summed E-state index contributed by atoms with van der Waals surface area (Å²) in [6.45, 7) is 1.11. The normalized spacial score (nSPS) is 13.6. The highest BCUT2D eigenvalue weighted by Crippen LogP contribution is 2.29. The van der Waals surface area contributed by atoms with Crippen LogP contribution in [-0.2, 0) is 0 Å². The van der Waals surface area contributed by atoms with Gasteiger partial charge in [0.25, 0.3) is 0 Å². The molecule has 0 heterocycles. The van der Waals surface area contributed by atoms with Crippen molar-refractivity contribution >= 4 is 0 Å². The summed E-state index contributed by atoms with van der Waals surface area (Å²) in [6, 6.07) is 8.05. The van der Waals surface area contributed by atoms with Crippen molar-refractivity contribution in [2.75, 3.05) is 13.1 Å². The highest BCUT2D eigenvalue weighted by atomic mass is 19.4. The lowest BCUT2D eigenvalue weighted by Crippen LogP contribution is -2.27. The highest BCUT2D eigenvalue weighted by molar-refractivity contribution is 5.19. The van der Waals surface area contributed by atoms with E-state index in [0.717, 1.165) is 12.8 Å². The minimum absolute atomic E-state index is 0.548. The zero-order valence-electron chi connectivity index (χ0n) is 10.2. The summed E-state index contributed by atoms with van der Waals surface area (Å²) in [5.74, 6) is 0. The second kappa shape index (κ2) is 7.38. The Hall–Kier alpha value is -1.07. The van der Waals surface area contributed by atoms with Gasteiger partial charge in [-0.15, -0.1) is 0 Å². The fraction of sp³-hybridized carbons (Fsp3) is 0.538. The molecule has 0 aliphatic carbocycles. The molecule has 0 aliphatic heterocycles. The van der Waals surface area contributed by atoms with Crippen LogP contribution in [0.1, 0.15) is 30.9 Å². The lowest BCUT2D eigenvalue weighted by atomic mass is 10.0. The summed E-state index contributed by atoms with van der Waals surface area (Å²) in [6.07, 6.45) is -3.40. The highest BCUT2D eigenvalue weighted by Gasteiger charge is 2.32. The third-order valence-corrected chi connectivity index (χ3v) is 2.66. The molecule has 0 radical (unpaired) electrons. The Labute approximate surface area is 105 Å². The third kappa shape index (κ3) is 6.02.